The zero-order valence-corrected chi connectivity index (χ0v) is 16.6. The normalized spacial score (nSPS) is 14.0. The van der Waals surface area contributed by atoms with Crippen LogP contribution in [-0.2, 0) is 22.2 Å². The van der Waals surface area contributed by atoms with Gasteiger partial charge in [-0.1, -0.05) is 0 Å². The number of carbonyl (C=O) groups excluding carboxylic acids is 2. The summed E-state index contributed by atoms with van der Waals surface area (Å²) in [5.41, 5.74) is -0.314. The van der Waals surface area contributed by atoms with Crippen molar-refractivity contribution in [1.82, 2.24) is 0 Å². The molecule has 11 heteroatoms. The molecule has 164 valence electrons. The predicted molar refractivity (Wildman–Crippen MR) is 108 cm³/mol. The van der Waals surface area contributed by atoms with E-state index >= 15 is 0 Å². The van der Waals surface area contributed by atoms with E-state index < -0.39 is 40.0 Å². The summed E-state index contributed by atoms with van der Waals surface area (Å²) in [5, 5.41) is 15.9. The van der Waals surface area contributed by atoms with Crippen LogP contribution in [0.15, 0.2) is 36.4 Å². The average Bonchev–Trinajstić information content (AvgIpc) is 3.10. The van der Waals surface area contributed by atoms with E-state index in [1.165, 1.54) is 13.8 Å². The number of rotatable bonds is 5. The second-order valence-corrected chi connectivity index (χ2v) is 7.10. The van der Waals surface area contributed by atoms with Crippen molar-refractivity contribution in [2.75, 3.05) is 22.1 Å². The van der Waals surface area contributed by atoms with Crippen LogP contribution < -0.4 is 15.5 Å². The minimum absolute atomic E-state index is 0.0734. The minimum Gasteiger partial charge on any atom is -0.374 e. The third-order valence-electron chi connectivity index (χ3n) is 4.91. The lowest BCUT2D eigenvalue weighted by Crippen LogP contribution is -2.32. The van der Waals surface area contributed by atoms with Gasteiger partial charge in [-0.2, -0.15) is 13.2 Å². The Kier molecular flexibility index (Phi) is 5.87. The number of benzene rings is 2. The van der Waals surface area contributed by atoms with Crippen LogP contribution in [0.1, 0.15) is 25.0 Å². The first kappa shape index (κ1) is 22.1. The molecule has 0 aromatic heterocycles. The summed E-state index contributed by atoms with van der Waals surface area (Å²) in [6, 6.07) is 6.44. The lowest BCUT2D eigenvalue weighted by atomic mass is 10.1. The molecule has 0 radical (unpaired) electrons. The first-order valence-electron chi connectivity index (χ1n) is 9.31. The molecule has 2 amide bonds. The van der Waals surface area contributed by atoms with Gasteiger partial charge >= 0.3 is 6.18 Å². The molecule has 1 aliphatic rings. The summed E-state index contributed by atoms with van der Waals surface area (Å²) in [5.74, 6) is -0.819. The van der Waals surface area contributed by atoms with Crippen LogP contribution in [-0.4, -0.2) is 29.3 Å². The number of anilines is 3. The van der Waals surface area contributed by atoms with Crippen molar-refractivity contribution < 1.29 is 27.7 Å². The van der Waals surface area contributed by atoms with Crippen LogP contribution in [0.4, 0.5) is 35.9 Å². The zero-order valence-electron chi connectivity index (χ0n) is 16.6. The van der Waals surface area contributed by atoms with Crippen molar-refractivity contribution in [3.05, 3.63) is 57.6 Å². The van der Waals surface area contributed by atoms with Crippen LogP contribution in [0.2, 0.25) is 0 Å². The molecular formula is C20H19F3N4O4. The molecule has 0 saturated heterocycles. The number of fused-ring (bicyclic) bond motifs is 1. The Morgan fingerprint density at radius 1 is 1.19 bits per heavy atom. The molecule has 0 aliphatic carbocycles. The highest BCUT2D eigenvalue weighted by Crippen LogP contribution is 2.37. The Morgan fingerprint density at radius 3 is 2.52 bits per heavy atom. The zero-order chi connectivity index (χ0) is 22.9. The predicted octanol–water partition coefficient (Wildman–Crippen LogP) is 3.96. The molecule has 1 heterocycles. The summed E-state index contributed by atoms with van der Waals surface area (Å²) in [7, 11) is 0. The molecule has 1 atom stereocenters. The number of amides is 2. The number of hydrogen-bond donors (Lipinski definition) is 2. The molecule has 3 rings (SSSR count). The molecule has 2 N–H and O–H groups in total. The Hall–Kier alpha value is -3.63. The summed E-state index contributed by atoms with van der Waals surface area (Å²) in [4.78, 5) is 35.6. The van der Waals surface area contributed by atoms with Gasteiger partial charge in [0.25, 0.3) is 5.69 Å². The lowest BCUT2D eigenvalue weighted by Gasteiger charge is -2.19. The van der Waals surface area contributed by atoms with Crippen molar-refractivity contribution >= 4 is 34.6 Å². The quantitative estimate of drug-likeness (QED) is 0.545. The smallest absolute Gasteiger partial charge is 0.374 e. The number of nitro groups is 1. The number of carbonyl (C=O) groups is 2. The van der Waals surface area contributed by atoms with Crippen LogP contribution >= 0.6 is 0 Å². The number of halogens is 3. The average molecular weight is 436 g/mol. The molecule has 2 aromatic rings. The summed E-state index contributed by atoms with van der Waals surface area (Å²) >= 11 is 0. The molecule has 31 heavy (non-hydrogen) atoms. The topological polar surface area (TPSA) is 105 Å². The van der Waals surface area contributed by atoms with E-state index in [1.807, 2.05) is 0 Å². The van der Waals surface area contributed by atoms with E-state index in [1.54, 1.807) is 23.1 Å². The van der Waals surface area contributed by atoms with Crippen LogP contribution in [0.5, 0.6) is 0 Å². The maximum absolute atomic E-state index is 13.3. The second-order valence-electron chi connectivity index (χ2n) is 7.10. The first-order valence-corrected chi connectivity index (χ1v) is 9.31. The van der Waals surface area contributed by atoms with Gasteiger partial charge in [-0.15, -0.1) is 0 Å². The Labute approximate surface area is 175 Å². The van der Waals surface area contributed by atoms with Crippen molar-refractivity contribution in [3.8, 4) is 0 Å². The number of alkyl halides is 3. The van der Waals surface area contributed by atoms with Gasteiger partial charge in [0.2, 0.25) is 11.8 Å². The van der Waals surface area contributed by atoms with Crippen LogP contribution in [0.3, 0.4) is 0 Å². The fraction of sp³-hybridized carbons (Fsp3) is 0.300. The largest absolute Gasteiger partial charge is 0.418 e. The van der Waals surface area contributed by atoms with Gasteiger partial charge in [-0.05, 0) is 43.2 Å². The highest BCUT2D eigenvalue weighted by atomic mass is 19.4. The first-order chi connectivity index (χ1) is 14.5. The van der Waals surface area contributed by atoms with Gasteiger partial charge in [0.05, 0.1) is 16.2 Å². The monoisotopic (exact) mass is 436 g/mol. The molecule has 0 bridgehead atoms. The van der Waals surface area contributed by atoms with E-state index in [2.05, 4.69) is 10.6 Å². The molecule has 0 saturated carbocycles. The lowest BCUT2D eigenvalue weighted by molar-refractivity contribution is -0.385. The van der Waals surface area contributed by atoms with E-state index in [0.717, 1.165) is 23.4 Å². The summed E-state index contributed by atoms with van der Waals surface area (Å²) < 4.78 is 39.9. The van der Waals surface area contributed by atoms with Gasteiger partial charge in [-0.3, -0.25) is 19.7 Å². The number of nitro benzene ring substituents is 1. The molecule has 2 aromatic carbocycles. The Bertz CT molecular complexity index is 1060. The van der Waals surface area contributed by atoms with E-state index in [4.69, 9.17) is 0 Å². The van der Waals surface area contributed by atoms with Crippen LogP contribution in [0, 0.1) is 10.1 Å². The summed E-state index contributed by atoms with van der Waals surface area (Å²) in [6.07, 6.45) is -4.23. The minimum atomic E-state index is -4.88. The number of non-ortho nitro benzene ring substituents is 1. The maximum atomic E-state index is 13.3. The van der Waals surface area contributed by atoms with Gasteiger partial charge in [-0.25, -0.2) is 0 Å². The highest BCUT2D eigenvalue weighted by Gasteiger charge is 2.36. The maximum Gasteiger partial charge on any atom is 0.418 e. The van der Waals surface area contributed by atoms with E-state index in [0.29, 0.717) is 24.7 Å². The number of nitrogens with one attached hydrogen (secondary N) is 2. The molecular weight excluding hydrogens is 417 g/mol. The molecule has 1 aliphatic heterocycles. The van der Waals surface area contributed by atoms with Gasteiger partial charge in [0.1, 0.15) is 6.04 Å². The second kappa shape index (κ2) is 8.25. The standard InChI is InChI=1S/C20H19F3N4O4/c1-11(24-14-3-6-18-13(9-14)7-8-26(18)12(2)28)19(29)25-17-5-4-15(27(30)31)10-16(17)20(21,22)23/h3-6,9-11,24H,7-8H2,1-2H3,(H,25,29)/t11-/m1/s1. The summed E-state index contributed by atoms with van der Waals surface area (Å²) in [6.45, 7) is 3.51. The molecule has 0 spiro atoms. The van der Waals surface area contributed by atoms with Gasteiger partial charge < -0.3 is 15.5 Å². The molecule has 0 fully saturated rings. The fourth-order valence-corrected chi connectivity index (χ4v) is 3.36. The third kappa shape index (κ3) is 4.76. The Balaban J connectivity index is 1.75. The van der Waals surface area contributed by atoms with Crippen molar-refractivity contribution in [1.29, 1.82) is 0 Å². The van der Waals surface area contributed by atoms with E-state index in [9.17, 15) is 32.9 Å². The SMILES string of the molecule is CC(=O)N1CCc2cc(N[C@H](C)C(=O)Nc3ccc([N+](=O)[O-])cc3C(F)(F)F)ccc21. The van der Waals surface area contributed by atoms with Crippen molar-refractivity contribution in [2.24, 2.45) is 0 Å². The van der Waals surface area contributed by atoms with Gasteiger partial charge in [0.15, 0.2) is 0 Å². The van der Waals surface area contributed by atoms with E-state index in [-0.39, 0.29) is 5.91 Å². The van der Waals surface area contributed by atoms with Crippen LogP contribution in [0.25, 0.3) is 0 Å². The third-order valence-corrected chi connectivity index (χ3v) is 4.91. The fourth-order valence-electron chi connectivity index (χ4n) is 3.36. The highest BCUT2D eigenvalue weighted by molar-refractivity contribution is 5.97. The number of hydrogen-bond acceptors (Lipinski definition) is 5. The molecule has 0 unspecified atom stereocenters. The Morgan fingerprint density at radius 2 is 1.90 bits per heavy atom. The van der Waals surface area contributed by atoms with Crippen molar-refractivity contribution in [2.45, 2.75) is 32.5 Å². The molecule has 8 nitrogen and oxygen atoms in total. The van der Waals surface area contributed by atoms with Crippen molar-refractivity contribution in [3.63, 3.8) is 0 Å². The number of nitrogens with zero attached hydrogens (tertiary/aromatic N) is 2. The van der Waals surface area contributed by atoms with Gasteiger partial charge in [0, 0.05) is 37.0 Å².